The first-order valence-corrected chi connectivity index (χ1v) is 18.5. The highest BCUT2D eigenvalue weighted by atomic mass is 79.9. The third kappa shape index (κ3) is 8.97. The molecule has 0 aromatic carbocycles. The van der Waals surface area contributed by atoms with Gasteiger partial charge in [-0.05, 0) is 65.9 Å². The molecule has 0 saturated heterocycles. The molecule has 2 saturated carbocycles. The molecular weight excluding hydrogens is 890 g/mol. The number of nitrogens with zero attached hydrogens (tertiary/aromatic N) is 9. The minimum atomic E-state index is -4.82. The Kier molecular flexibility index (Phi) is 12.1. The van der Waals surface area contributed by atoms with Crippen LogP contribution in [-0.2, 0) is 11.2 Å². The number of anilines is 2. The molecule has 0 aliphatic heterocycles. The van der Waals surface area contributed by atoms with Gasteiger partial charge in [-0.25, -0.2) is 24.6 Å². The second kappa shape index (κ2) is 16.8. The largest absolute Gasteiger partial charge is 0.421 e. The molecule has 61 heavy (non-hydrogen) atoms. The van der Waals surface area contributed by atoms with E-state index in [1.807, 2.05) is 0 Å². The van der Waals surface area contributed by atoms with Crippen LogP contribution in [-0.4, -0.2) is 72.3 Å². The number of nitrogen functional groups attached to an aromatic ring is 2. The quantitative estimate of drug-likeness (QED) is 0.0425. The molecule has 0 bridgehead atoms. The van der Waals surface area contributed by atoms with Gasteiger partial charge in [0.2, 0.25) is 11.6 Å². The predicted octanol–water partition coefficient (Wildman–Crippen LogP) is 6.95. The van der Waals surface area contributed by atoms with Crippen molar-refractivity contribution < 1.29 is 46.4 Å². The lowest BCUT2D eigenvalue weighted by molar-refractivity contribution is -0.383. The van der Waals surface area contributed by atoms with Crippen molar-refractivity contribution in [1.82, 2.24) is 39.9 Å². The highest BCUT2D eigenvalue weighted by Gasteiger charge is 2.64. The van der Waals surface area contributed by atoms with Crippen LogP contribution in [0.2, 0.25) is 0 Å². The highest BCUT2D eigenvalue weighted by molar-refractivity contribution is 9.10. The van der Waals surface area contributed by atoms with Crippen molar-refractivity contribution in [1.29, 1.82) is 0 Å². The fraction of sp³-hybridized carbons (Fsp3) is 0.278. The lowest BCUT2D eigenvalue weighted by Crippen LogP contribution is -2.44. The van der Waals surface area contributed by atoms with Crippen LogP contribution in [0.3, 0.4) is 0 Å². The zero-order valence-electron chi connectivity index (χ0n) is 30.9. The summed E-state index contributed by atoms with van der Waals surface area (Å²) in [6.07, 6.45) is 2.46. The number of aromatic amines is 1. The monoisotopic (exact) mass is 920 g/mol. The van der Waals surface area contributed by atoms with E-state index in [1.165, 1.54) is 66.0 Å². The number of rotatable bonds is 9. The summed E-state index contributed by atoms with van der Waals surface area (Å²) < 4.78 is 80.8. The molecule has 2 aliphatic rings. The maximum Gasteiger partial charge on any atom is 0.421 e. The number of nitrogens with one attached hydrogen (secondary N) is 1. The summed E-state index contributed by atoms with van der Waals surface area (Å²) in [6, 6.07) is 8.03. The van der Waals surface area contributed by atoms with Crippen molar-refractivity contribution in [3.63, 3.8) is 0 Å². The summed E-state index contributed by atoms with van der Waals surface area (Å²) in [4.78, 5) is 36.0. The van der Waals surface area contributed by atoms with E-state index in [0.717, 1.165) is 18.5 Å². The molecule has 18 nitrogen and oxygen atoms in total. The molecule has 0 spiro atoms. The number of pyridine rings is 4. The molecule has 2 aliphatic carbocycles. The van der Waals surface area contributed by atoms with Gasteiger partial charge in [0.05, 0.1) is 33.4 Å². The number of hydrogen-bond acceptors (Lipinski definition) is 14. The molecule has 320 valence electrons. The normalized spacial score (nSPS) is 15.9. The number of aromatic nitrogens is 8. The van der Waals surface area contributed by atoms with Crippen LogP contribution in [0.15, 0.2) is 90.6 Å². The van der Waals surface area contributed by atoms with Gasteiger partial charge < -0.3 is 21.7 Å². The van der Waals surface area contributed by atoms with Gasteiger partial charge in [-0.2, -0.15) is 36.5 Å². The van der Waals surface area contributed by atoms with Crippen LogP contribution in [0.25, 0.3) is 28.1 Å². The van der Waals surface area contributed by atoms with E-state index in [9.17, 15) is 56.8 Å². The third-order valence-electron chi connectivity index (χ3n) is 9.76. The van der Waals surface area contributed by atoms with Crippen molar-refractivity contribution >= 4 is 38.9 Å². The molecule has 2 fully saturated rings. The summed E-state index contributed by atoms with van der Waals surface area (Å²) in [6.45, 7) is 0. The second-order valence-corrected chi connectivity index (χ2v) is 14.5. The molecule has 2 atom stereocenters. The molecule has 25 heteroatoms. The standard InChI is InChI=1S/C18H15F3N6O3.C10H9BrF3NO.C8H7N5O2/c19-18(20,21)17(28,11-1-2-11)12-3-4-14(24-8-12)26-9-10(7-25-26)13-5-6-23-16(22)15(13)27(29)30;11-8-4-3-7(5-15-8)9(16,6-1-2-6)10(12,13)14;9-8-7(13(14)15)6(1-2-10-8)5-3-11-12-4-5/h3-9,11,28H,1-2H2,(H2,22,23);3-6,16H,1-2H2;1-4H,(H2,9,10)(H,11,12). The summed E-state index contributed by atoms with van der Waals surface area (Å²) >= 11 is 3.04. The Balaban J connectivity index is 0.000000169. The SMILES string of the molecule is Nc1nccc(-c2cn[nH]c2)c1[N+](=O)[O-].Nc1nccc(-c2cnn(-c3ccc(C(O)(C4CC4)C(F)(F)F)cn3)c2)c1[N+](=O)[O-].OC(c1ccc(Br)nc1)(C1CC1)C(F)(F)F. The summed E-state index contributed by atoms with van der Waals surface area (Å²) in [5, 5.41) is 52.6. The van der Waals surface area contributed by atoms with Crippen LogP contribution in [0.1, 0.15) is 36.8 Å². The number of nitrogens with two attached hydrogens (primary N) is 2. The van der Waals surface area contributed by atoms with E-state index in [4.69, 9.17) is 11.5 Å². The van der Waals surface area contributed by atoms with Gasteiger partial charge in [-0.15, -0.1) is 0 Å². The summed E-state index contributed by atoms with van der Waals surface area (Å²) in [5.41, 5.74) is 5.80. The third-order valence-corrected chi connectivity index (χ3v) is 10.2. The topological polar surface area (TPSA) is 277 Å². The number of nitro groups is 2. The first kappa shape index (κ1) is 44.0. The number of aliphatic hydroxyl groups is 2. The Hall–Kier alpha value is -6.60. The van der Waals surface area contributed by atoms with Gasteiger partial charge in [-0.3, -0.25) is 25.3 Å². The fourth-order valence-corrected chi connectivity index (χ4v) is 6.62. The van der Waals surface area contributed by atoms with Gasteiger partial charge >= 0.3 is 23.7 Å². The minimum absolute atomic E-state index is 0.0984. The maximum absolute atomic E-state index is 13.5. The van der Waals surface area contributed by atoms with Gasteiger partial charge in [0.15, 0.2) is 17.0 Å². The predicted molar refractivity (Wildman–Crippen MR) is 206 cm³/mol. The van der Waals surface area contributed by atoms with Crippen LogP contribution < -0.4 is 11.5 Å². The Morgan fingerprint density at radius 1 is 0.705 bits per heavy atom. The van der Waals surface area contributed by atoms with Crippen molar-refractivity contribution in [2.24, 2.45) is 11.8 Å². The highest BCUT2D eigenvalue weighted by Crippen LogP contribution is 2.55. The molecule has 6 heterocycles. The number of hydrogen-bond donors (Lipinski definition) is 5. The zero-order chi connectivity index (χ0) is 44.5. The van der Waals surface area contributed by atoms with Crippen molar-refractivity contribution in [3.05, 3.63) is 122 Å². The molecule has 8 rings (SSSR count). The van der Waals surface area contributed by atoms with E-state index in [0.29, 0.717) is 34.1 Å². The zero-order valence-corrected chi connectivity index (χ0v) is 32.5. The van der Waals surface area contributed by atoms with Gasteiger partial charge in [0.1, 0.15) is 4.60 Å². The van der Waals surface area contributed by atoms with Gasteiger partial charge in [-0.1, -0.05) is 12.1 Å². The Bertz CT molecular complexity index is 2520. The van der Waals surface area contributed by atoms with Gasteiger partial charge in [0.25, 0.3) is 0 Å². The minimum Gasteiger partial charge on any atom is -0.378 e. The Labute approximate surface area is 347 Å². The maximum atomic E-state index is 13.5. The molecule has 6 aromatic rings. The lowest BCUT2D eigenvalue weighted by atomic mass is 9.89. The van der Waals surface area contributed by atoms with Crippen molar-refractivity contribution in [2.45, 2.75) is 49.2 Å². The molecule has 0 amide bonds. The van der Waals surface area contributed by atoms with Gasteiger partial charge in [0, 0.05) is 71.3 Å². The molecular formula is C36H31BrF6N12O6. The Morgan fingerprint density at radius 2 is 1.20 bits per heavy atom. The van der Waals surface area contributed by atoms with E-state index in [1.54, 1.807) is 6.20 Å². The molecule has 7 N–H and O–H groups in total. The Morgan fingerprint density at radius 3 is 1.59 bits per heavy atom. The molecule has 6 aromatic heterocycles. The van der Waals surface area contributed by atoms with E-state index in [2.05, 4.69) is 51.2 Å². The average molecular weight is 922 g/mol. The number of alkyl halides is 6. The lowest BCUT2D eigenvalue weighted by Gasteiger charge is -2.30. The van der Waals surface area contributed by atoms with E-state index in [-0.39, 0.29) is 58.4 Å². The fourth-order valence-electron chi connectivity index (χ4n) is 6.39. The van der Waals surface area contributed by atoms with E-state index < -0.39 is 45.2 Å². The van der Waals surface area contributed by atoms with E-state index >= 15 is 0 Å². The summed E-state index contributed by atoms with van der Waals surface area (Å²) in [5.74, 6) is -1.80. The van der Waals surface area contributed by atoms with Crippen molar-refractivity contribution in [2.75, 3.05) is 11.5 Å². The first-order chi connectivity index (χ1) is 28.7. The van der Waals surface area contributed by atoms with Crippen molar-refractivity contribution in [3.8, 4) is 28.1 Å². The second-order valence-electron chi connectivity index (χ2n) is 13.7. The first-order valence-electron chi connectivity index (χ1n) is 17.7. The molecule has 2 unspecified atom stereocenters. The smallest absolute Gasteiger partial charge is 0.378 e. The number of halogens is 7. The van der Waals surface area contributed by atoms with Crippen LogP contribution in [0.4, 0.5) is 49.4 Å². The molecule has 0 radical (unpaired) electrons. The average Bonchev–Trinajstić information content (AvgIpc) is 4.13. The number of H-pyrrole nitrogens is 1. The summed E-state index contributed by atoms with van der Waals surface area (Å²) in [7, 11) is 0. The van der Waals surface area contributed by atoms with Crippen LogP contribution in [0.5, 0.6) is 0 Å². The van der Waals surface area contributed by atoms with Crippen LogP contribution in [0, 0.1) is 32.1 Å². The van der Waals surface area contributed by atoms with Crippen LogP contribution >= 0.6 is 15.9 Å².